The van der Waals surface area contributed by atoms with Gasteiger partial charge < -0.3 is 19.7 Å². The first-order valence-electron chi connectivity index (χ1n) is 10.1. The Balaban J connectivity index is 1.55. The van der Waals surface area contributed by atoms with Gasteiger partial charge in [0.1, 0.15) is 5.69 Å². The maximum atomic E-state index is 13.6. The van der Waals surface area contributed by atoms with Crippen LogP contribution in [0.15, 0.2) is 30.5 Å². The van der Waals surface area contributed by atoms with Crippen molar-refractivity contribution in [3.05, 3.63) is 52.8 Å². The van der Waals surface area contributed by atoms with E-state index in [-0.39, 0.29) is 17.9 Å². The van der Waals surface area contributed by atoms with Gasteiger partial charge in [0.05, 0.1) is 5.56 Å². The van der Waals surface area contributed by atoms with Gasteiger partial charge in [-0.3, -0.25) is 9.59 Å². The fourth-order valence-corrected chi connectivity index (χ4v) is 5.03. The molecular weight excluding hydrogens is 352 g/mol. The van der Waals surface area contributed by atoms with Gasteiger partial charge in [-0.15, -0.1) is 0 Å². The largest absolute Gasteiger partial charge is 0.351 e. The predicted octanol–water partition coefficient (Wildman–Crippen LogP) is 2.38. The molecule has 0 bridgehead atoms. The number of benzene rings is 1. The molecule has 0 spiro atoms. The monoisotopic (exact) mass is 378 g/mol. The predicted molar refractivity (Wildman–Crippen MR) is 108 cm³/mol. The van der Waals surface area contributed by atoms with Crippen LogP contribution in [0.3, 0.4) is 0 Å². The summed E-state index contributed by atoms with van der Waals surface area (Å²) in [4.78, 5) is 30.3. The second-order valence-corrected chi connectivity index (χ2v) is 8.38. The zero-order valence-electron chi connectivity index (χ0n) is 16.4. The number of hydrogen-bond donors (Lipinski definition) is 1. The second-order valence-electron chi connectivity index (χ2n) is 8.38. The molecule has 0 saturated carbocycles. The highest BCUT2D eigenvalue weighted by atomic mass is 16.2. The summed E-state index contributed by atoms with van der Waals surface area (Å²) in [5.41, 5.74) is 4.74. The highest BCUT2D eigenvalue weighted by molar-refractivity contribution is 6.09. The maximum Gasteiger partial charge on any atom is 0.267 e. The number of piperidine rings is 1. The molecule has 2 unspecified atom stereocenters. The molecule has 6 nitrogen and oxygen atoms in total. The van der Waals surface area contributed by atoms with Gasteiger partial charge in [-0.1, -0.05) is 17.7 Å². The van der Waals surface area contributed by atoms with Gasteiger partial charge in [0.2, 0.25) is 0 Å². The van der Waals surface area contributed by atoms with Gasteiger partial charge in [0.25, 0.3) is 11.8 Å². The van der Waals surface area contributed by atoms with Crippen LogP contribution in [0.5, 0.6) is 0 Å². The average Bonchev–Trinajstić information content (AvgIpc) is 3.19. The number of amides is 2. The third-order valence-electron chi connectivity index (χ3n) is 6.41. The minimum Gasteiger partial charge on any atom is -0.351 e. The number of carbonyl (C=O) groups excluding carboxylic acids is 2. The average molecular weight is 378 g/mol. The van der Waals surface area contributed by atoms with Crippen LogP contribution in [0, 0.1) is 6.92 Å². The Morgan fingerprint density at radius 3 is 2.93 bits per heavy atom. The Morgan fingerprint density at radius 2 is 2.07 bits per heavy atom. The molecule has 2 amide bonds. The fraction of sp³-hybridized carbons (Fsp3) is 0.455. The first kappa shape index (κ1) is 17.5. The molecule has 28 heavy (non-hydrogen) atoms. The quantitative estimate of drug-likeness (QED) is 0.829. The summed E-state index contributed by atoms with van der Waals surface area (Å²) in [6.07, 6.45) is 3.71. The Morgan fingerprint density at radius 1 is 1.21 bits per heavy atom. The number of nitrogens with one attached hydrogen (secondary N) is 1. The lowest BCUT2D eigenvalue weighted by Gasteiger charge is -2.36. The third kappa shape index (κ3) is 2.66. The summed E-state index contributed by atoms with van der Waals surface area (Å²) < 4.78 is 1.92. The lowest BCUT2D eigenvalue weighted by atomic mass is 9.89. The number of likely N-dealkylation sites (N-methyl/N-ethyl adjacent to an activating group) is 1. The molecule has 1 N–H and O–H groups in total. The maximum absolute atomic E-state index is 13.6. The minimum absolute atomic E-state index is 0.00975. The first-order valence-corrected chi connectivity index (χ1v) is 10.1. The van der Waals surface area contributed by atoms with Gasteiger partial charge in [0.15, 0.2) is 0 Å². The summed E-state index contributed by atoms with van der Waals surface area (Å²) in [6, 6.07) is 8.37. The molecule has 1 saturated heterocycles. The van der Waals surface area contributed by atoms with Crippen LogP contribution in [0.2, 0.25) is 0 Å². The molecule has 0 radical (unpaired) electrons. The third-order valence-corrected chi connectivity index (χ3v) is 6.41. The van der Waals surface area contributed by atoms with Crippen molar-refractivity contribution in [2.75, 3.05) is 31.6 Å². The molecule has 6 heteroatoms. The van der Waals surface area contributed by atoms with Crippen LogP contribution >= 0.6 is 0 Å². The summed E-state index contributed by atoms with van der Waals surface area (Å²) in [6.45, 7) is 5.51. The first-order chi connectivity index (χ1) is 13.5. The van der Waals surface area contributed by atoms with Crippen LogP contribution in [-0.2, 0) is 6.54 Å². The van der Waals surface area contributed by atoms with E-state index in [1.807, 2.05) is 15.7 Å². The standard InChI is InChI=1S/C22H26N4O2/c1-14-4-5-18-16(10-14)17-13-24(2)9-6-19(17)26(18)22(28)15-11-20-21(27)23-7-3-8-25(20)12-15/h4-5,10-12,17,19H,3,6-9,13H2,1-2H3,(H,23,27). The van der Waals surface area contributed by atoms with Crippen LogP contribution in [0.1, 0.15) is 50.7 Å². The van der Waals surface area contributed by atoms with Crippen molar-refractivity contribution >= 4 is 17.5 Å². The van der Waals surface area contributed by atoms with Crippen molar-refractivity contribution < 1.29 is 9.59 Å². The summed E-state index contributed by atoms with van der Waals surface area (Å²) >= 11 is 0. The Kier molecular flexibility index (Phi) is 4.05. The van der Waals surface area contributed by atoms with Gasteiger partial charge in [-0.05, 0) is 51.1 Å². The molecule has 146 valence electrons. The van der Waals surface area contributed by atoms with Crippen molar-refractivity contribution in [1.29, 1.82) is 0 Å². The Hall–Kier alpha value is -2.60. The Labute approximate surface area is 165 Å². The second kappa shape index (κ2) is 6.48. The van der Waals surface area contributed by atoms with E-state index in [4.69, 9.17) is 0 Å². The molecule has 5 rings (SSSR count). The van der Waals surface area contributed by atoms with E-state index in [1.54, 1.807) is 6.07 Å². The fourth-order valence-electron chi connectivity index (χ4n) is 5.03. The van der Waals surface area contributed by atoms with Crippen molar-refractivity contribution in [2.45, 2.75) is 38.3 Å². The smallest absolute Gasteiger partial charge is 0.267 e. The summed E-state index contributed by atoms with van der Waals surface area (Å²) in [5.74, 6) is 0.267. The topological polar surface area (TPSA) is 57.6 Å². The number of fused-ring (bicyclic) bond motifs is 4. The van der Waals surface area contributed by atoms with Crippen LogP contribution in [0.25, 0.3) is 0 Å². The summed E-state index contributed by atoms with van der Waals surface area (Å²) in [5, 5.41) is 2.90. The molecular formula is C22H26N4O2. The van der Waals surface area contributed by atoms with Gasteiger partial charge in [-0.2, -0.15) is 0 Å². The van der Waals surface area contributed by atoms with Crippen LogP contribution in [-0.4, -0.2) is 54.0 Å². The Bertz CT molecular complexity index is 963. The molecule has 1 aromatic carbocycles. The number of rotatable bonds is 1. The van der Waals surface area contributed by atoms with Crippen LogP contribution in [0.4, 0.5) is 5.69 Å². The number of carbonyl (C=O) groups is 2. The molecule has 1 fully saturated rings. The number of aryl methyl sites for hydroxylation is 2. The zero-order chi connectivity index (χ0) is 19.4. The number of nitrogens with zero attached hydrogens (tertiary/aromatic N) is 3. The number of likely N-dealkylation sites (tertiary alicyclic amines) is 1. The van der Waals surface area contributed by atoms with Gasteiger partial charge in [-0.25, -0.2) is 0 Å². The van der Waals surface area contributed by atoms with E-state index in [1.165, 1.54) is 11.1 Å². The molecule has 1 aromatic heterocycles. The highest BCUT2D eigenvalue weighted by Crippen LogP contribution is 2.45. The molecule has 0 aliphatic carbocycles. The van der Waals surface area contributed by atoms with E-state index < -0.39 is 0 Å². The molecule has 2 atom stereocenters. The lowest BCUT2D eigenvalue weighted by molar-refractivity contribution is 0.0950. The number of aromatic nitrogens is 1. The van der Waals surface area contributed by atoms with E-state index in [0.717, 1.165) is 38.2 Å². The zero-order valence-corrected chi connectivity index (χ0v) is 16.4. The summed E-state index contributed by atoms with van der Waals surface area (Å²) in [7, 11) is 2.15. The molecule has 3 aliphatic rings. The normalized spacial score (nSPS) is 24.2. The van der Waals surface area contributed by atoms with Crippen LogP contribution < -0.4 is 10.2 Å². The lowest BCUT2D eigenvalue weighted by Crippen LogP contribution is -2.47. The number of anilines is 1. The SMILES string of the molecule is Cc1ccc2c(c1)C1CN(C)CCC1N2C(=O)c1cc2n(c1)CCCNC2=O. The van der Waals surface area contributed by atoms with Crippen molar-refractivity contribution in [3.63, 3.8) is 0 Å². The van der Waals surface area contributed by atoms with E-state index >= 15 is 0 Å². The van der Waals surface area contributed by atoms with E-state index in [2.05, 4.69) is 42.4 Å². The van der Waals surface area contributed by atoms with E-state index in [0.29, 0.717) is 23.7 Å². The van der Waals surface area contributed by atoms with Crippen molar-refractivity contribution in [1.82, 2.24) is 14.8 Å². The van der Waals surface area contributed by atoms with Gasteiger partial charge in [0, 0.05) is 43.5 Å². The van der Waals surface area contributed by atoms with Crippen molar-refractivity contribution in [2.24, 2.45) is 0 Å². The molecule has 4 heterocycles. The molecule has 2 aromatic rings. The highest BCUT2D eigenvalue weighted by Gasteiger charge is 2.44. The van der Waals surface area contributed by atoms with E-state index in [9.17, 15) is 9.59 Å². The number of hydrogen-bond acceptors (Lipinski definition) is 3. The molecule has 3 aliphatic heterocycles. The van der Waals surface area contributed by atoms with Crippen molar-refractivity contribution in [3.8, 4) is 0 Å². The minimum atomic E-state index is -0.0915. The van der Waals surface area contributed by atoms with Gasteiger partial charge >= 0.3 is 0 Å².